The van der Waals surface area contributed by atoms with Gasteiger partial charge in [-0.1, -0.05) is 53.7 Å². The van der Waals surface area contributed by atoms with E-state index in [1.54, 1.807) is 12.1 Å². The highest BCUT2D eigenvalue weighted by molar-refractivity contribution is 7.99. The Hall–Kier alpha value is -3.39. The Morgan fingerprint density at radius 1 is 1.12 bits per heavy atom. The Morgan fingerprint density at radius 2 is 1.88 bits per heavy atom. The zero-order chi connectivity index (χ0) is 24.0. The lowest BCUT2D eigenvalue weighted by molar-refractivity contribution is -0.113. The SMILES string of the molecule is C=CCn1c(SCC(=O)Nc2ccc(C)cc2C)nnc1C(C)NC(=O)c1ccccc1C. The second kappa shape index (κ2) is 11.0. The van der Waals surface area contributed by atoms with Crippen LogP contribution in [0.5, 0.6) is 0 Å². The summed E-state index contributed by atoms with van der Waals surface area (Å²) in [4.78, 5) is 25.2. The van der Waals surface area contributed by atoms with E-state index < -0.39 is 0 Å². The molecule has 7 nitrogen and oxygen atoms in total. The molecule has 0 spiro atoms. The van der Waals surface area contributed by atoms with Crippen molar-refractivity contribution in [3.63, 3.8) is 0 Å². The van der Waals surface area contributed by atoms with Gasteiger partial charge in [0.1, 0.15) is 0 Å². The molecule has 0 fully saturated rings. The number of hydrogen-bond donors (Lipinski definition) is 2. The number of allylic oxidation sites excluding steroid dienone is 1. The van der Waals surface area contributed by atoms with Crippen LogP contribution in [0.3, 0.4) is 0 Å². The first-order valence-corrected chi connectivity index (χ1v) is 11.7. The van der Waals surface area contributed by atoms with Crippen molar-refractivity contribution in [2.24, 2.45) is 0 Å². The molecule has 1 unspecified atom stereocenters. The van der Waals surface area contributed by atoms with Crippen molar-refractivity contribution in [3.05, 3.63) is 83.2 Å². The predicted octanol–water partition coefficient (Wildman–Crippen LogP) is 4.61. The zero-order valence-corrected chi connectivity index (χ0v) is 20.2. The highest BCUT2D eigenvalue weighted by Gasteiger charge is 2.21. The number of nitrogens with zero attached hydrogens (tertiary/aromatic N) is 3. The van der Waals surface area contributed by atoms with E-state index in [9.17, 15) is 9.59 Å². The number of anilines is 1. The molecule has 0 radical (unpaired) electrons. The van der Waals surface area contributed by atoms with Gasteiger partial charge in [-0.05, 0) is 51.0 Å². The summed E-state index contributed by atoms with van der Waals surface area (Å²) in [5, 5.41) is 15.1. The van der Waals surface area contributed by atoms with Crippen molar-refractivity contribution >= 4 is 29.3 Å². The summed E-state index contributed by atoms with van der Waals surface area (Å²) in [6, 6.07) is 13.0. The second-order valence-electron chi connectivity index (χ2n) is 7.91. The van der Waals surface area contributed by atoms with Gasteiger partial charge in [0, 0.05) is 17.8 Å². The van der Waals surface area contributed by atoms with Gasteiger partial charge < -0.3 is 15.2 Å². The molecule has 0 aliphatic carbocycles. The van der Waals surface area contributed by atoms with Crippen LogP contribution in [0.4, 0.5) is 5.69 Å². The Labute approximate surface area is 198 Å². The lowest BCUT2D eigenvalue weighted by Crippen LogP contribution is -2.29. The van der Waals surface area contributed by atoms with Crippen molar-refractivity contribution in [1.29, 1.82) is 0 Å². The molecular formula is C25H29N5O2S. The van der Waals surface area contributed by atoms with E-state index in [0.29, 0.717) is 23.1 Å². The number of aryl methyl sites for hydroxylation is 3. The minimum absolute atomic E-state index is 0.123. The largest absolute Gasteiger partial charge is 0.342 e. The van der Waals surface area contributed by atoms with Crippen LogP contribution in [0.2, 0.25) is 0 Å². The number of hydrogen-bond acceptors (Lipinski definition) is 5. The quantitative estimate of drug-likeness (QED) is 0.357. The lowest BCUT2D eigenvalue weighted by Gasteiger charge is -2.16. The van der Waals surface area contributed by atoms with Crippen LogP contribution in [0.15, 0.2) is 60.3 Å². The Bertz CT molecular complexity index is 1170. The van der Waals surface area contributed by atoms with Crippen LogP contribution in [0, 0.1) is 20.8 Å². The molecule has 0 saturated heterocycles. The third kappa shape index (κ3) is 6.10. The molecule has 0 aliphatic heterocycles. The summed E-state index contributed by atoms with van der Waals surface area (Å²) in [7, 11) is 0. The smallest absolute Gasteiger partial charge is 0.252 e. The first-order chi connectivity index (χ1) is 15.8. The first-order valence-electron chi connectivity index (χ1n) is 10.7. The molecule has 0 saturated carbocycles. The van der Waals surface area contributed by atoms with Crippen molar-refractivity contribution in [2.75, 3.05) is 11.1 Å². The van der Waals surface area contributed by atoms with E-state index in [2.05, 4.69) is 27.4 Å². The van der Waals surface area contributed by atoms with Gasteiger partial charge >= 0.3 is 0 Å². The summed E-state index contributed by atoms with van der Waals surface area (Å²) < 4.78 is 1.87. The summed E-state index contributed by atoms with van der Waals surface area (Å²) in [6.07, 6.45) is 1.74. The highest BCUT2D eigenvalue weighted by Crippen LogP contribution is 2.22. The molecule has 1 aromatic heterocycles. The Morgan fingerprint density at radius 3 is 2.58 bits per heavy atom. The van der Waals surface area contributed by atoms with Crippen LogP contribution in [-0.2, 0) is 11.3 Å². The van der Waals surface area contributed by atoms with E-state index in [-0.39, 0.29) is 23.6 Å². The average Bonchev–Trinajstić information content (AvgIpc) is 3.17. The lowest BCUT2D eigenvalue weighted by atomic mass is 10.1. The summed E-state index contributed by atoms with van der Waals surface area (Å²) >= 11 is 1.30. The van der Waals surface area contributed by atoms with E-state index in [1.807, 2.05) is 68.7 Å². The summed E-state index contributed by atoms with van der Waals surface area (Å²) in [5.74, 6) is 0.500. The highest BCUT2D eigenvalue weighted by atomic mass is 32.2. The molecule has 33 heavy (non-hydrogen) atoms. The van der Waals surface area contributed by atoms with E-state index in [0.717, 1.165) is 22.4 Å². The molecule has 2 N–H and O–H groups in total. The van der Waals surface area contributed by atoms with Gasteiger partial charge in [-0.25, -0.2) is 0 Å². The Balaban J connectivity index is 1.68. The average molecular weight is 464 g/mol. The van der Waals surface area contributed by atoms with Gasteiger partial charge in [0.05, 0.1) is 11.8 Å². The van der Waals surface area contributed by atoms with E-state index in [1.165, 1.54) is 11.8 Å². The van der Waals surface area contributed by atoms with Crippen molar-refractivity contribution in [3.8, 4) is 0 Å². The standard InChI is InChI=1S/C25H29N5O2S/c1-6-13-30-23(19(5)26-24(32)20-10-8-7-9-17(20)3)28-29-25(30)33-15-22(31)27-21-12-11-16(2)14-18(21)4/h6-12,14,19H,1,13,15H2,2-5H3,(H,26,32)(H,27,31). The van der Waals surface area contributed by atoms with Crippen LogP contribution < -0.4 is 10.6 Å². The fourth-order valence-electron chi connectivity index (χ4n) is 3.46. The number of carbonyl (C=O) groups is 2. The minimum Gasteiger partial charge on any atom is -0.342 e. The molecule has 8 heteroatoms. The monoisotopic (exact) mass is 463 g/mol. The number of aromatic nitrogens is 3. The van der Waals surface area contributed by atoms with Gasteiger partial charge in [0.15, 0.2) is 11.0 Å². The predicted molar refractivity (Wildman–Crippen MR) is 133 cm³/mol. The molecule has 1 atom stereocenters. The maximum Gasteiger partial charge on any atom is 0.252 e. The second-order valence-corrected chi connectivity index (χ2v) is 8.85. The van der Waals surface area contributed by atoms with Crippen molar-refractivity contribution in [1.82, 2.24) is 20.1 Å². The molecule has 172 valence electrons. The molecule has 0 aliphatic rings. The first kappa shape index (κ1) is 24.3. The third-order valence-electron chi connectivity index (χ3n) is 5.17. The van der Waals surface area contributed by atoms with E-state index >= 15 is 0 Å². The third-order valence-corrected chi connectivity index (χ3v) is 6.14. The van der Waals surface area contributed by atoms with E-state index in [4.69, 9.17) is 0 Å². The van der Waals surface area contributed by atoms with Gasteiger partial charge in [0.2, 0.25) is 5.91 Å². The normalized spacial score (nSPS) is 11.6. The molecule has 0 bridgehead atoms. The zero-order valence-electron chi connectivity index (χ0n) is 19.4. The fraction of sp³-hybridized carbons (Fsp3) is 0.280. The molecule has 1 heterocycles. The van der Waals surface area contributed by atoms with Crippen LogP contribution in [0.1, 0.15) is 45.8 Å². The number of rotatable bonds is 9. The number of carbonyl (C=O) groups excluding carboxylic acids is 2. The number of benzene rings is 2. The Kier molecular flexibility index (Phi) is 8.06. The van der Waals surface area contributed by atoms with Gasteiger partial charge in [-0.15, -0.1) is 16.8 Å². The van der Waals surface area contributed by atoms with Crippen LogP contribution in [-0.4, -0.2) is 32.3 Å². The number of thioether (sulfide) groups is 1. The molecule has 3 aromatic rings. The van der Waals surface area contributed by atoms with Crippen molar-refractivity contribution < 1.29 is 9.59 Å². The van der Waals surface area contributed by atoms with Crippen LogP contribution >= 0.6 is 11.8 Å². The maximum absolute atomic E-state index is 12.7. The maximum atomic E-state index is 12.7. The van der Waals surface area contributed by atoms with Gasteiger partial charge in [-0.3, -0.25) is 9.59 Å². The molecule has 3 rings (SSSR count). The summed E-state index contributed by atoms with van der Waals surface area (Å²) in [6.45, 7) is 12.0. The van der Waals surface area contributed by atoms with Crippen molar-refractivity contribution in [2.45, 2.75) is 45.4 Å². The molecule has 2 amide bonds. The van der Waals surface area contributed by atoms with Crippen LogP contribution in [0.25, 0.3) is 0 Å². The minimum atomic E-state index is -0.372. The van der Waals surface area contributed by atoms with Gasteiger partial charge in [0.25, 0.3) is 5.91 Å². The summed E-state index contributed by atoms with van der Waals surface area (Å²) in [5.41, 5.74) is 4.49. The number of nitrogens with one attached hydrogen (secondary N) is 2. The van der Waals surface area contributed by atoms with Gasteiger partial charge in [-0.2, -0.15) is 0 Å². The molecule has 2 aromatic carbocycles. The number of amides is 2. The fourth-order valence-corrected chi connectivity index (χ4v) is 4.22. The topological polar surface area (TPSA) is 88.9 Å². The molecular weight excluding hydrogens is 434 g/mol.